The van der Waals surface area contributed by atoms with Crippen molar-refractivity contribution in [2.45, 2.75) is 13.8 Å². The maximum Gasteiger partial charge on any atom is 0.344 e. The van der Waals surface area contributed by atoms with E-state index in [0.29, 0.717) is 11.3 Å². The van der Waals surface area contributed by atoms with Crippen LogP contribution in [0.25, 0.3) is 11.8 Å². The van der Waals surface area contributed by atoms with Crippen LogP contribution in [-0.4, -0.2) is 24.0 Å². The largest absolute Gasteiger partial charge is 0.422 e. The standard InChI is InChI=1S/C19H18N2O4/c1-3-20(4-2)14-7-5-13(6-8-14)11-18-16-10-9-15(21(23)24)12-17(16)19(22)25-18/h5-12H,3-4H2,1-2H3/b18-11-. The molecule has 1 heterocycles. The van der Waals surface area contributed by atoms with Crippen molar-refractivity contribution in [1.29, 1.82) is 0 Å². The van der Waals surface area contributed by atoms with Crippen LogP contribution in [0, 0.1) is 10.1 Å². The molecule has 6 nitrogen and oxygen atoms in total. The summed E-state index contributed by atoms with van der Waals surface area (Å²) in [6.45, 7) is 6.07. The number of fused-ring (bicyclic) bond motifs is 1. The number of rotatable bonds is 5. The highest BCUT2D eigenvalue weighted by Gasteiger charge is 2.28. The molecule has 2 aromatic rings. The maximum absolute atomic E-state index is 12.0. The Morgan fingerprint density at radius 3 is 2.36 bits per heavy atom. The lowest BCUT2D eigenvalue weighted by atomic mass is 10.1. The topological polar surface area (TPSA) is 72.7 Å². The third kappa shape index (κ3) is 3.24. The zero-order chi connectivity index (χ0) is 18.0. The highest BCUT2D eigenvalue weighted by atomic mass is 16.6. The average Bonchev–Trinajstić information content (AvgIpc) is 2.93. The van der Waals surface area contributed by atoms with Gasteiger partial charge in [-0.25, -0.2) is 4.79 Å². The van der Waals surface area contributed by atoms with Gasteiger partial charge in [-0.1, -0.05) is 12.1 Å². The van der Waals surface area contributed by atoms with Crippen LogP contribution in [-0.2, 0) is 4.74 Å². The summed E-state index contributed by atoms with van der Waals surface area (Å²) in [6, 6.07) is 12.1. The van der Waals surface area contributed by atoms with Crippen LogP contribution >= 0.6 is 0 Å². The van der Waals surface area contributed by atoms with Gasteiger partial charge < -0.3 is 9.64 Å². The fourth-order valence-corrected chi connectivity index (χ4v) is 2.87. The van der Waals surface area contributed by atoms with Crippen LogP contribution in [0.1, 0.15) is 35.3 Å². The molecule has 0 aliphatic carbocycles. The second kappa shape index (κ2) is 6.76. The number of carbonyl (C=O) groups excluding carboxylic acids is 1. The zero-order valence-electron chi connectivity index (χ0n) is 14.1. The number of non-ortho nitro benzene ring substituents is 1. The van der Waals surface area contributed by atoms with E-state index in [0.717, 1.165) is 24.3 Å². The summed E-state index contributed by atoms with van der Waals surface area (Å²) in [5.41, 5.74) is 2.70. The fraction of sp³-hybridized carbons (Fsp3) is 0.211. The molecular formula is C19H18N2O4. The molecule has 2 aromatic carbocycles. The molecule has 0 atom stereocenters. The van der Waals surface area contributed by atoms with Crippen LogP contribution < -0.4 is 4.90 Å². The number of hydrogen-bond donors (Lipinski definition) is 0. The number of carbonyl (C=O) groups is 1. The van der Waals surface area contributed by atoms with Gasteiger partial charge in [0, 0.05) is 36.5 Å². The Labute approximate surface area is 145 Å². The van der Waals surface area contributed by atoms with Crippen molar-refractivity contribution in [2.24, 2.45) is 0 Å². The molecule has 3 rings (SSSR count). The molecule has 0 unspecified atom stereocenters. The number of ether oxygens (including phenoxy) is 1. The summed E-state index contributed by atoms with van der Waals surface area (Å²) < 4.78 is 5.28. The van der Waals surface area contributed by atoms with Gasteiger partial charge in [0.15, 0.2) is 0 Å². The van der Waals surface area contributed by atoms with Gasteiger partial charge in [0.05, 0.1) is 10.5 Å². The normalized spacial score (nSPS) is 14.3. The van der Waals surface area contributed by atoms with Crippen LogP contribution in [0.15, 0.2) is 42.5 Å². The molecule has 128 valence electrons. The molecule has 0 saturated heterocycles. The lowest BCUT2D eigenvalue weighted by Crippen LogP contribution is -2.21. The van der Waals surface area contributed by atoms with Gasteiger partial charge in [-0.2, -0.15) is 0 Å². The first-order chi connectivity index (χ1) is 12.0. The molecule has 25 heavy (non-hydrogen) atoms. The molecule has 0 radical (unpaired) electrons. The molecule has 0 N–H and O–H groups in total. The monoisotopic (exact) mass is 338 g/mol. The number of nitro benzene ring substituents is 1. The van der Waals surface area contributed by atoms with Gasteiger partial charge in [0.1, 0.15) is 5.76 Å². The van der Waals surface area contributed by atoms with Gasteiger partial charge in [-0.05, 0) is 43.7 Å². The van der Waals surface area contributed by atoms with E-state index in [9.17, 15) is 14.9 Å². The highest BCUT2D eigenvalue weighted by molar-refractivity contribution is 6.06. The number of cyclic esters (lactones) is 1. The number of esters is 1. The Morgan fingerprint density at radius 1 is 1.08 bits per heavy atom. The summed E-state index contributed by atoms with van der Waals surface area (Å²) in [6.07, 6.45) is 1.77. The third-order valence-corrected chi connectivity index (χ3v) is 4.22. The van der Waals surface area contributed by atoms with Crippen molar-refractivity contribution < 1.29 is 14.5 Å². The lowest BCUT2D eigenvalue weighted by molar-refractivity contribution is -0.384. The molecule has 0 aromatic heterocycles. The third-order valence-electron chi connectivity index (χ3n) is 4.22. The summed E-state index contributed by atoms with van der Waals surface area (Å²) in [7, 11) is 0. The van der Waals surface area contributed by atoms with Crippen LogP contribution in [0.2, 0.25) is 0 Å². The number of nitrogens with zero attached hydrogens (tertiary/aromatic N) is 2. The minimum Gasteiger partial charge on any atom is -0.422 e. The van der Waals surface area contributed by atoms with Crippen molar-refractivity contribution >= 4 is 29.2 Å². The minimum absolute atomic E-state index is 0.125. The number of benzene rings is 2. The molecule has 1 aliphatic rings. The smallest absolute Gasteiger partial charge is 0.344 e. The molecule has 0 spiro atoms. The Hall–Kier alpha value is -3.15. The maximum atomic E-state index is 12.0. The molecule has 1 aliphatic heterocycles. The number of nitro groups is 1. The minimum atomic E-state index is -0.565. The Morgan fingerprint density at radius 2 is 1.76 bits per heavy atom. The van der Waals surface area contributed by atoms with Crippen LogP contribution in [0.5, 0.6) is 0 Å². The molecule has 0 fully saturated rings. The van der Waals surface area contributed by atoms with Gasteiger partial charge in [-0.3, -0.25) is 10.1 Å². The van der Waals surface area contributed by atoms with Crippen molar-refractivity contribution in [3.63, 3.8) is 0 Å². The Kier molecular flexibility index (Phi) is 4.52. The van der Waals surface area contributed by atoms with Crippen LogP contribution in [0.3, 0.4) is 0 Å². The summed E-state index contributed by atoms with van der Waals surface area (Å²) >= 11 is 0. The summed E-state index contributed by atoms with van der Waals surface area (Å²) in [5, 5.41) is 10.9. The Bertz CT molecular complexity index is 852. The first-order valence-corrected chi connectivity index (χ1v) is 8.11. The Balaban J connectivity index is 1.91. The van der Waals surface area contributed by atoms with E-state index in [2.05, 4.69) is 18.7 Å². The van der Waals surface area contributed by atoms with Gasteiger partial charge in [0.2, 0.25) is 0 Å². The number of anilines is 1. The summed E-state index contributed by atoms with van der Waals surface area (Å²) in [5.74, 6) is -0.157. The molecule has 0 saturated carbocycles. The van der Waals surface area contributed by atoms with Gasteiger partial charge >= 0.3 is 5.97 Å². The van der Waals surface area contributed by atoms with Crippen LogP contribution in [0.4, 0.5) is 11.4 Å². The van der Waals surface area contributed by atoms with Gasteiger partial charge in [0.25, 0.3) is 5.69 Å². The highest BCUT2D eigenvalue weighted by Crippen LogP contribution is 2.33. The van der Waals surface area contributed by atoms with Gasteiger partial charge in [-0.15, -0.1) is 0 Å². The predicted molar refractivity (Wildman–Crippen MR) is 96.4 cm³/mol. The van der Waals surface area contributed by atoms with Crippen molar-refractivity contribution in [2.75, 3.05) is 18.0 Å². The number of hydrogen-bond acceptors (Lipinski definition) is 5. The van der Waals surface area contributed by atoms with E-state index in [1.165, 1.54) is 12.1 Å². The lowest BCUT2D eigenvalue weighted by Gasteiger charge is -2.20. The van der Waals surface area contributed by atoms with E-state index in [-0.39, 0.29) is 11.3 Å². The molecule has 6 heteroatoms. The van der Waals surface area contributed by atoms with E-state index in [4.69, 9.17) is 4.74 Å². The predicted octanol–water partition coefficient (Wildman–Crippen LogP) is 4.11. The SMILES string of the molecule is CCN(CC)c1ccc(/C=C2\OC(=O)c3cc([N+](=O)[O-])ccc32)cc1. The first-order valence-electron chi connectivity index (χ1n) is 8.11. The van der Waals surface area contributed by atoms with Crippen molar-refractivity contribution in [1.82, 2.24) is 0 Å². The second-order valence-electron chi connectivity index (χ2n) is 5.65. The average molecular weight is 338 g/mol. The summed E-state index contributed by atoms with van der Waals surface area (Å²) in [4.78, 5) is 24.5. The van der Waals surface area contributed by atoms with E-state index < -0.39 is 10.9 Å². The zero-order valence-corrected chi connectivity index (χ0v) is 14.1. The van der Waals surface area contributed by atoms with E-state index in [1.807, 2.05) is 24.3 Å². The molecular weight excluding hydrogens is 320 g/mol. The molecule has 0 bridgehead atoms. The molecule has 0 amide bonds. The second-order valence-corrected chi connectivity index (χ2v) is 5.65. The van der Waals surface area contributed by atoms with E-state index >= 15 is 0 Å². The fourth-order valence-electron chi connectivity index (χ4n) is 2.87. The van der Waals surface area contributed by atoms with E-state index in [1.54, 1.807) is 12.1 Å². The quantitative estimate of drug-likeness (QED) is 0.466. The van der Waals surface area contributed by atoms with Crippen molar-refractivity contribution in [3.05, 3.63) is 69.3 Å². The van der Waals surface area contributed by atoms with Crippen molar-refractivity contribution in [3.8, 4) is 0 Å². The first kappa shape index (κ1) is 16.7.